The van der Waals surface area contributed by atoms with Crippen LogP contribution in [-0.2, 0) is 4.84 Å². The number of carbonyl (C=O) groups is 1. The van der Waals surface area contributed by atoms with Crippen LogP contribution >= 0.6 is 11.8 Å². The van der Waals surface area contributed by atoms with Crippen molar-refractivity contribution in [2.45, 2.75) is 43.8 Å². The first-order valence-electron chi connectivity index (χ1n) is 8.25. The molecular weight excluding hydrogens is 308 g/mol. The molecule has 0 bridgehead atoms. The summed E-state index contributed by atoms with van der Waals surface area (Å²) in [5.41, 5.74) is 1.77. The van der Waals surface area contributed by atoms with Crippen LogP contribution in [0.15, 0.2) is 35.5 Å². The minimum atomic E-state index is -0.522. The van der Waals surface area contributed by atoms with Gasteiger partial charge < -0.3 is 0 Å². The highest BCUT2D eigenvalue weighted by Crippen LogP contribution is 2.50. The van der Waals surface area contributed by atoms with Crippen LogP contribution in [0.25, 0.3) is 0 Å². The fourth-order valence-corrected chi connectivity index (χ4v) is 3.73. The lowest BCUT2D eigenvalue weighted by molar-refractivity contribution is 0.165. The molecule has 1 N–H and O–H groups in total. The molecular formula is C18H24N2O2S. The summed E-state index contributed by atoms with van der Waals surface area (Å²) in [6.45, 7) is 2.32. The molecule has 1 amide bonds. The van der Waals surface area contributed by atoms with E-state index in [0.717, 1.165) is 30.9 Å². The van der Waals surface area contributed by atoms with Gasteiger partial charge in [-0.1, -0.05) is 23.4 Å². The Morgan fingerprint density at radius 1 is 1.30 bits per heavy atom. The maximum atomic E-state index is 11.9. The highest BCUT2D eigenvalue weighted by atomic mass is 32.2. The summed E-state index contributed by atoms with van der Waals surface area (Å²) >= 11 is 1.92. The molecule has 1 atom stereocenters. The largest absolute Gasteiger partial charge is 0.437 e. The first-order valence-corrected chi connectivity index (χ1v) is 9.48. The van der Waals surface area contributed by atoms with E-state index in [1.807, 2.05) is 42.1 Å². The number of rotatable bonds is 7. The predicted octanol–water partition coefficient (Wildman–Crippen LogP) is 4.92. The van der Waals surface area contributed by atoms with E-state index in [4.69, 9.17) is 4.84 Å². The summed E-state index contributed by atoms with van der Waals surface area (Å²) < 4.78 is 0.223. The van der Waals surface area contributed by atoms with Crippen LogP contribution in [0.2, 0.25) is 0 Å². The first-order chi connectivity index (χ1) is 11.1. The molecule has 0 aromatic heterocycles. The highest BCUT2D eigenvalue weighted by molar-refractivity contribution is 8.00. The zero-order chi connectivity index (χ0) is 16.3. The zero-order valence-electron chi connectivity index (χ0n) is 13.7. The number of benzene rings is 1. The summed E-state index contributed by atoms with van der Waals surface area (Å²) in [4.78, 5) is 17.0. The van der Waals surface area contributed by atoms with Gasteiger partial charge in [0.05, 0.1) is 5.71 Å². The fourth-order valence-electron chi connectivity index (χ4n) is 2.87. The van der Waals surface area contributed by atoms with E-state index in [0.29, 0.717) is 11.6 Å². The molecule has 2 saturated carbocycles. The lowest BCUT2D eigenvalue weighted by atomic mass is 9.96. The third kappa shape index (κ3) is 4.50. The van der Waals surface area contributed by atoms with Crippen LogP contribution in [0.4, 0.5) is 10.5 Å². The Hall–Kier alpha value is -1.49. The smallest absolute Gasteiger partial charge is 0.298 e. The van der Waals surface area contributed by atoms with Crippen LogP contribution in [0.1, 0.15) is 39.0 Å². The number of oxime groups is 1. The first kappa shape index (κ1) is 16.4. The molecule has 0 radical (unpaired) electrons. The highest BCUT2D eigenvalue weighted by Gasteiger charge is 2.44. The maximum absolute atomic E-state index is 11.9. The second-order valence-electron chi connectivity index (χ2n) is 6.69. The van der Waals surface area contributed by atoms with Gasteiger partial charge in [0.1, 0.15) is 0 Å². The molecule has 23 heavy (non-hydrogen) atoms. The van der Waals surface area contributed by atoms with Crippen molar-refractivity contribution in [3.63, 3.8) is 0 Å². The van der Waals surface area contributed by atoms with Gasteiger partial charge in [-0.05, 0) is 56.9 Å². The van der Waals surface area contributed by atoms with Gasteiger partial charge in [-0.3, -0.25) is 10.2 Å². The zero-order valence-corrected chi connectivity index (χ0v) is 14.6. The Labute approximate surface area is 142 Å². The van der Waals surface area contributed by atoms with Crippen LogP contribution in [-0.4, -0.2) is 22.8 Å². The molecule has 1 unspecified atom stereocenters. The molecule has 0 aliphatic heterocycles. The van der Waals surface area contributed by atoms with Gasteiger partial charge in [0.25, 0.3) is 0 Å². The summed E-state index contributed by atoms with van der Waals surface area (Å²) in [5, 5.41) is 6.91. The number of amides is 1. The molecule has 5 heteroatoms. The minimum absolute atomic E-state index is 0.223. The van der Waals surface area contributed by atoms with Crippen LogP contribution in [0.5, 0.6) is 0 Å². The molecule has 0 spiro atoms. The Kier molecular flexibility index (Phi) is 4.95. The van der Waals surface area contributed by atoms with Crippen LogP contribution in [0, 0.1) is 11.8 Å². The maximum Gasteiger partial charge on any atom is 0.437 e. The van der Waals surface area contributed by atoms with Crippen LogP contribution in [0.3, 0.4) is 0 Å². The SMILES string of the molecule is CSC(C)(C/C(=N/OC(=O)Nc1ccccc1)C1CC1)C1CC1. The second-order valence-corrected chi connectivity index (χ2v) is 8.04. The molecule has 0 heterocycles. The van der Waals surface area contributed by atoms with Crippen LogP contribution < -0.4 is 5.32 Å². The van der Waals surface area contributed by atoms with Gasteiger partial charge in [0.15, 0.2) is 0 Å². The third-order valence-electron chi connectivity index (χ3n) is 4.75. The lowest BCUT2D eigenvalue weighted by Crippen LogP contribution is -2.28. The van der Waals surface area contributed by atoms with Crippen molar-refractivity contribution in [2.75, 3.05) is 11.6 Å². The summed E-state index contributed by atoms with van der Waals surface area (Å²) in [7, 11) is 0. The van der Waals surface area contributed by atoms with Gasteiger partial charge in [0.2, 0.25) is 0 Å². The van der Waals surface area contributed by atoms with Gasteiger partial charge >= 0.3 is 6.09 Å². The molecule has 2 aliphatic rings. The van der Waals surface area contributed by atoms with E-state index in [-0.39, 0.29) is 4.75 Å². The van der Waals surface area contributed by atoms with Crippen molar-refractivity contribution in [1.82, 2.24) is 0 Å². The monoisotopic (exact) mass is 332 g/mol. The van der Waals surface area contributed by atoms with E-state index in [2.05, 4.69) is 23.7 Å². The Bertz CT molecular complexity index is 582. The topological polar surface area (TPSA) is 50.7 Å². The number of hydrogen-bond donors (Lipinski definition) is 1. The molecule has 1 aromatic rings. The number of thioether (sulfide) groups is 1. The molecule has 2 aliphatic carbocycles. The van der Waals surface area contributed by atoms with E-state index < -0.39 is 6.09 Å². The molecule has 2 fully saturated rings. The number of nitrogens with one attached hydrogen (secondary N) is 1. The minimum Gasteiger partial charge on any atom is -0.298 e. The second kappa shape index (κ2) is 6.95. The Morgan fingerprint density at radius 3 is 2.57 bits per heavy atom. The number of hydrogen-bond acceptors (Lipinski definition) is 4. The Morgan fingerprint density at radius 2 is 2.00 bits per heavy atom. The average molecular weight is 332 g/mol. The van der Waals surface area contributed by atoms with Gasteiger partial charge in [0, 0.05) is 22.8 Å². The van der Waals surface area contributed by atoms with Crippen molar-refractivity contribution < 1.29 is 9.63 Å². The van der Waals surface area contributed by atoms with Gasteiger partial charge in [-0.2, -0.15) is 11.8 Å². The van der Waals surface area contributed by atoms with Crippen molar-refractivity contribution in [3.05, 3.63) is 30.3 Å². The standard InChI is InChI=1S/C18H24N2O2S/c1-18(23-2,14-10-11-14)12-16(13-8-9-13)20-22-17(21)19-15-6-4-3-5-7-15/h3-7,13-14H,8-12H2,1-2H3,(H,19,21)/b20-16-. The average Bonchev–Trinajstić information content (AvgIpc) is 3.42. The summed E-state index contributed by atoms with van der Waals surface area (Å²) in [6.07, 6.45) is 7.52. The number of carbonyl (C=O) groups excluding carboxylic acids is 1. The number of anilines is 1. The van der Waals surface area contributed by atoms with Gasteiger partial charge in [-0.15, -0.1) is 0 Å². The fraction of sp³-hybridized carbons (Fsp3) is 0.556. The normalized spacial score (nSPS) is 20.7. The Balaban J connectivity index is 1.59. The van der Waals surface area contributed by atoms with Gasteiger partial charge in [-0.25, -0.2) is 4.79 Å². The van der Waals surface area contributed by atoms with E-state index in [1.165, 1.54) is 12.8 Å². The lowest BCUT2D eigenvalue weighted by Gasteiger charge is -2.28. The number of para-hydroxylation sites is 1. The van der Waals surface area contributed by atoms with E-state index in [1.54, 1.807) is 0 Å². The molecule has 3 rings (SSSR count). The van der Waals surface area contributed by atoms with Crippen molar-refractivity contribution in [1.29, 1.82) is 0 Å². The van der Waals surface area contributed by atoms with Crippen molar-refractivity contribution in [3.8, 4) is 0 Å². The predicted molar refractivity (Wildman–Crippen MR) is 96.0 cm³/mol. The molecule has 4 nitrogen and oxygen atoms in total. The van der Waals surface area contributed by atoms with Crippen molar-refractivity contribution in [2.24, 2.45) is 17.0 Å². The van der Waals surface area contributed by atoms with E-state index >= 15 is 0 Å². The summed E-state index contributed by atoms with van der Waals surface area (Å²) in [6, 6.07) is 9.29. The quantitative estimate of drug-likeness (QED) is 0.438. The number of nitrogens with zero attached hydrogens (tertiary/aromatic N) is 1. The molecule has 0 saturated heterocycles. The van der Waals surface area contributed by atoms with E-state index in [9.17, 15) is 4.79 Å². The molecule has 1 aromatic carbocycles. The van der Waals surface area contributed by atoms with Crippen molar-refractivity contribution >= 4 is 29.3 Å². The third-order valence-corrected chi connectivity index (χ3v) is 6.16. The molecule has 124 valence electrons. The summed E-state index contributed by atoms with van der Waals surface area (Å²) in [5.74, 6) is 1.28.